The molecule has 1 aromatic carbocycles. The number of hydrogen-bond donors (Lipinski definition) is 0. The van der Waals surface area contributed by atoms with Crippen molar-refractivity contribution in [3.8, 4) is 0 Å². The standard InChI is InChI=1S/C23H36O11/c1-25-12-30-16-29-11-20-22(32-14-27-3)23(33-15-28-4)21(31-13-26-2)19(34-20)9-17-5-7-18(10-24)8-6-17/h5-8,10,19-23H,9,11-16H2,1-4H3/t19?,20-,21+,22-,23-/m1/s1. The van der Waals surface area contributed by atoms with Crippen molar-refractivity contribution in [1.29, 1.82) is 0 Å². The van der Waals surface area contributed by atoms with Crippen LogP contribution >= 0.6 is 0 Å². The Balaban J connectivity index is 2.26. The predicted molar refractivity (Wildman–Crippen MR) is 118 cm³/mol. The second kappa shape index (κ2) is 17.0. The van der Waals surface area contributed by atoms with Crippen LogP contribution in [-0.4, -0.2) is 106 Å². The molecule has 0 bridgehead atoms. The fourth-order valence-electron chi connectivity index (χ4n) is 3.63. The van der Waals surface area contributed by atoms with Crippen LogP contribution in [0.25, 0.3) is 0 Å². The second-order valence-electron chi connectivity index (χ2n) is 7.49. The van der Waals surface area contributed by atoms with E-state index >= 15 is 0 Å². The summed E-state index contributed by atoms with van der Waals surface area (Å²) in [7, 11) is 6.14. The van der Waals surface area contributed by atoms with E-state index in [0.29, 0.717) is 12.0 Å². The molecule has 11 heteroatoms. The van der Waals surface area contributed by atoms with Crippen LogP contribution in [0, 0.1) is 0 Å². The molecule has 0 saturated carbocycles. The molecule has 0 spiro atoms. The molecule has 1 unspecified atom stereocenters. The summed E-state index contributed by atoms with van der Waals surface area (Å²) in [6, 6.07) is 7.27. The first-order chi connectivity index (χ1) is 16.7. The Bertz CT molecular complexity index is 657. The van der Waals surface area contributed by atoms with E-state index in [9.17, 15) is 4.79 Å². The summed E-state index contributed by atoms with van der Waals surface area (Å²) >= 11 is 0. The van der Waals surface area contributed by atoms with Crippen LogP contribution in [0.1, 0.15) is 15.9 Å². The molecule has 11 nitrogen and oxygen atoms in total. The number of benzene rings is 1. The van der Waals surface area contributed by atoms with Crippen molar-refractivity contribution >= 4 is 6.29 Å². The summed E-state index contributed by atoms with van der Waals surface area (Å²) < 4.78 is 55.5. The molecule has 1 saturated heterocycles. The minimum Gasteiger partial charge on any atom is -0.367 e. The topological polar surface area (TPSA) is 109 Å². The van der Waals surface area contributed by atoms with Crippen molar-refractivity contribution in [2.24, 2.45) is 0 Å². The lowest BCUT2D eigenvalue weighted by atomic mass is 9.91. The lowest BCUT2D eigenvalue weighted by Gasteiger charge is -2.46. The Kier molecular flexibility index (Phi) is 14.4. The van der Waals surface area contributed by atoms with Crippen LogP contribution in [0.3, 0.4) is 0 Å². The largest absolute Gasteiger partial charge is 0.367 e. The van der Waals surface area contributed by atoms with Crippen molar-refractivity contribution < 1.29 is 52.2 Å². The predicted octanol–water partition coefficient (Wildman–Crippen LogP) is 1.37. The van der Waals surface area contributed by atoms with E-state index in [0.717, 1.165) is 11.8 Å². The highest BCUT2D eigenvalue weighted by Crippen LogP contribution is 2.30. The lowest BCUT2D eigenvalue weighted by Crippen LogP contribution is -2.62. The van der Waals surface area contributed by atoms with E-state index in [4.69, 9.17) is 47.4 Å². The summed E-state index contributed by atoms with van der Waals surface area (Å²) in [5.74, 6) is 0. The number of methoxy groups -OCH3 is 4. The molecule has 1 fully saturated rings. The summed E-state index contributed by atoms with van der Waals surface area (Å²) in [6.07, 6.45) is -1.38. The number of carbonyl (C=O) groups excluding carboxylic acids is 1. The Morgan fingerprint density at radius 2 is 1.26 bits per heavy atom. The molecule has 34 heavy (non-hydrogen) atoms. The van der Waals surface area contributed by atoms with Gasteiger partial charge in [-0.15, -0.1) is 0 Å². The van der Waals surface area contributed by atoms with Crippen LogP contribution < -0.4 is 0 Å². The molecular formula is C23H36O11. The van der Waals surface area contributed by atoms with E-state index in [2.05, 4.69) is 0 Å². The zero-order chi connectivity index (χ0) is 24.6. The first kappa shape index (κ1) is 28.7. The molecule has 0 radical (unpaired) electrons. The molecule has 0 aromatic heterocycles. The van der Waals surface area contributed by atoms with Gasteiger partial charge in [-0.25, -0.2) is 0 Å². The molecule has 0 amide bonds. The smallest absolute Gasteiger partial charge is 0.150 e. The normalized spacial score (nSPS) is 24.9. The summed E-state index contributed by atoms with van der Waals surface area (Å²) in [4.78, 5) is 11.0. The summed E-state index contributed by atoms with van der Waals surface area (Å²) in [5.41, 5.74) is 1.56. The Labute approximate surface area is 200 Å². The first-order valence-corrected chi connectivity index (χ1v) is 10.8. The molecular weight excluding hydrogens is 452 g/mol. The van der Waals surface area contributed by atoms with Gasteiger partial charge in [-0.3, -0.25) is 4.79 Å². The van der Waals surface area contributed by atoms with Gasteiger partial charge in [0.1, 0.15) is 64.7 Å². The summed E-state index contributed by atoms with van der Waals surface area (Å²) in [6.45, 7) is 0.381. The monoisotopic (exact) mass is 488 g/mol. The maximum absolute atomic E-state index is 11.0. The quantitative estimate of drug-likeness (QED) is 0.170. The zero-order valence-electron chi connectivity index (χ0n) is 20.2. The zero-order valence-corrected chi connectivity index (χ0v) is 20.2. The maximum atomic E-state index is 11.0. The maximum Gasteiger partial charge on any atom is 0.150 e. The first-order valence-electron chi connectivity index (χ1n) is 10.8. The van der Waals surface area contributed by atoms with Gasteiger partial charge in [0.25, 0.3) is 0 Å². The highest BCUT2D eigenvalue weighted by molar-refractivity contribution is 5.74. The van der Waals surface area contributed by atoms with E-state index in [-0.39, 0.29) is 40.6 Å². The Hall–Kier alpha value is -1.51. The van der Waals surface area contributed by atoms with E-state index in [1.54, 1.807) is 12.1 Å². The van der Waals surface area contributed by atoms with Crippen LogP contribution in [0.5, 0.6) is 0 Å². The minimum absolute atomic E-state index is 0.0202. The SMILES string of the molecule is COCOCOC[C@H]1OC(Cc2ccc(C=O)cc2)[C@H](OCOC)[C@@H](OCOC)[C@@H]1OCOC. The minimum atomic E-state index is -0.590. The van der Waals surface area contributed by atoms with Crippen molar-refractivity contribution in [3.05, 3.63) is 35.4 Å². The van der Waals surface area contributed by atoms with Gasteiger partial charge in [0.15, 0.2) is 0 Å². The highest BCUT2D eigenvalue weighted by atomic mass is 16.7. The number of aldehydes is 1. The molecule has 194 valence electrons. The third-order valence-corrected chi connectivity index (χ3v) is 5.07. The third kappa shape index (κ3) is 9.27. The van der Waals surface area contributed by atoms with Crippen molar-refractivity contribution in [2.45, 2.75) is 36.9 Å². The van der Waals surface area contributed by atoms with Crippen molar-refractivity contribution in [1.82, 2.24) is 0 Å². The highest BCUT2D eigenvalue weighted by Gasteiger charge is 2.48. The number of carbonyl (C=O) groups is 1. The number of rotatable bonds is 18. The van der Waals surface area contributed by atoms with Gasteiger partial charge in [0.2, 0.25) is 0 Å². The van der Waals surface area contributed by atoms with Gasteiger partial charge in [-0.1, -0.05) is 24.3 Å². The molecule has 5 atom stereocenters. The molecule has 0 aliphatic carbocycles. The van der Waals surface area contributed by atoms with E-state index in [1.165, 1.54) is 28.4 Å². The number of hydrogen-bond acceptors (Lipinski definition) is 11. The van der Waals surface area contributed by atoms with Crippen LogP contribution in [0.4, 0.5) is 0 Å². The molecule has 1 heterocycles. The van der Waals surface area contributed by atoms with E-state index < -0.39 is 30.5 Å². The van der Waals surface area contributed by atoms with Crippen molar-refractivity contribution in [2.75, 3.05) is 69.0 Å². The van der Waals surface area contributed by atoms with Gasteiger partial charge >= 0.3 is 0 Å². The van der Waals surface area contributed by atoms with Gasteiger partial charge in [0.05, 0.1) is 12.7 Å². The molecule has 1 aliphatic heterocycles. The van der Waals surface area contributed by atoms with E-state index in [1.807, 2.05) is 12.1 Å². The van der Waals surface area contributed by atoms with Gasteiger partial charge in [0, 0.05) is 40.4 Å². The van der Waals surface area contributed by atoms with Gasteiger partial charge in [-0.2, -0.15) is 0 Å². The summed E-state index contributed by atoms with van der Waals surface area (Å²) in [5, 5.41) is 0. The fourth-order valence-corrected chi connectivity index (χ4v) is 3.63. The average Bonchev–Trinajstić information content (AvgIpc) is 2.86. The molecule has 1 aromatic rings. The molecule has 1 aliphatic rings. The van der Waals surface area contributed by atoms with Crippen LogP contribution in [-0.2, 0) is 53.8 Å². The Morgan fingerprint density at radius 1 is 0.706 bits per heavy atom. The molecule has 0 N–H and O–H groups in total. The lowest BCUT2D eigenvalue weighted by molar-refractivity contribution is -0.298. The average molecular weight is 489 g/mol. The van der Waals surface area contributed by atoms with Crippen LogP contribution in [0.2, 0.25) is 0 Å². The van der Waals surface area contributed by atoms with Gasteiger partial charge in [-0.05, 0) is 5.56 Å². The second-order valence-corrected chi connectivity index (χ2v) is 7.49. The number of ether oxygens (including phenoxy) is 10. The van der Waals surface area contributed by atoms with Gasteiger partial charge < -0.3 is 47.4 Å². The Morgan fingerprint density at radius 3 is 1.82 bits per heavy atom. The molecule has 2 rings (SSSR count). The van der Waals surface area contributed by atoms with Crippen LogP contribution in [0.15, 0.2) is 24.3 Å². The third-order valence-electron chi connectivity index (χ3n) is 5.07. The fraction of sp³-hybridized carbons (Fsp3) is 0.696. The van der Waals surface area contributed by atoms with Crippen molar-refractivity contribution in [3.63, 3.8) is 0 Å².